The zero-order valence-corrected chi connectivity index (χ0v) is 27.6. The van der Waals surface area contributed by atoms with Gasteiger partial charge in [0.05, 0.1) is 19.7 Å². The first kappa shape index (κ1) is 37.5. The van der Waals surface area contributed by atoms with Crippen molar-refractivity contribution in [2.45, 2.75) is 110 Å². The van der Waals surface area contributed by atoms with Gasteiger partial charge < -0.3 is 36.4 Å². The number of phenolic OH excluding ortho intramolecular Hbond substituents is 1. The Kier molecular flexibility index (Phi) is 15.8. The van der Waals surface area contributed by atoms with Crippen LogP contribution in [0.5, 0.6) is 5.75 Å². The van der Waals surface area contributed by atoms with Crippen LogP contribution in [0.1, 0.15) is 87.8 Å². The molecule has 1 aromatic carbocycles. The average molecular weight is 632 g/mol. The Morgan fingerprint density at radius 3 is 2.27 bits per heavy atom. The molecule has 2 rings (SSSR count). The third kappa shape index (κ3) is 13.1. The fourth-order valence-corrected chi connectivity index (χ4v) is 5.81. The molecule has 1 aromatic rings. The van der Waals surface area contributed by atoms with E-state index in [9.17, 15) is 29.1 Å². The lowest BCUT2D eigenvalue weighted by Gasteiger charge is -2.29. The van der Waals surface area contributed by atoms with E-state index in [0.29, 0.717) is 31.7 Å². The molecule has 6 N–H and O–H groups in total. The number of nitrogens with one attached hydrogen (secondary N) is 3. The number of nitrogens with two attached hydrogens (primary N) is 1. The van der Waals surface area contributed by atoms with Gasteiger partial charge in [0, 0.05) is 20.0 Å². The van der Waals surface area contributed by atoms with E-state index in [1.54, 1.807) is 24.1 Å². The molecule has 4 amide bonds. The standard InChI is InChI=1S/C33H53N5O7/c1-21-16-25(39)17-22(2)26(21)19-27(34)32(43)36-23(3)31(42)35-20-29(40)37-28(18-24-12-8-6-9-13-24)33(44)38(4)15-11-7-10-14-30(41)45-5/h16-17,23-24,27-28,39H,6-15,18-20,34H2,1-5H3,(H,35,42)(H,36,43)(H,37,40)/t23-,27-,28+/m1/s1. The maximum Gasteiger partial charge on any atom is 0.305 e. The molecule has 1 aliphatic carbocycles. The molecule has 45 heavy (non-hydrogen) atoms. The van der Waals surface area contributed by atoms with Crippen LogP contribution in [-0.2, 0) is 35.1 Å². The predicted molar refractivity (Wildman–Crippen MR) is 171 cm³/mol. The summed E-state index contributed by atoms with van der Waals surface area (Å²) in [6.07, 6.45) is 8.70. The Balaban J connectivity index is 1.88. The molecule has 1 aliphatic rings. The van der Waals surface area contributed by atoms with E-state index in [-0.39, 0.29) is 30.6 Å². The summed E-state index contributed by atoms with van der Waals surface area (Å²) in [5.41, 5.74) is 8.60. The first-order chi connectivity index (χ1) is 21.3. The quantitative estimate of drug-likeness (QED) is 0.128. The van der Waals surface area contributed by atoms with Gasteiger partial charge in [-0.25, -0.2) is 0 Å². The maximum absolute atomic E-state index is 13.4. The number of benzene rings is 1. The number of unbranched alkanes of at least 4 members (excludes halogenated alkanes) is 2. The van der Waals surface area contributed by atoms with Gasteiger partial charge >= 0.3 is 5.97 Å². The third-order valence-corrected chi connectivity index (χ3v) is 8.52. The Morgan fingerprint density at radius 2 is 1.64 bits per heavy atom. The molecule has 0 radical (unpaired) electrons. The highest BCUT2D eigenvalue weighted by atomic mass is 16.5. The largest absolute Gasteiger partial charge is 0.508 e. The molecule has 0 aliphatic heterocycles. The number of carbonyl (C=O) groups is 5. The van der Waals surface area contributed by atoms with E-state index in [0.717, 1.165) is 55.2 Å². The number of aromatic hydroxyl groups is 1. The van der Waals surface area contributed by atoms with Crippen LogP contribution in [0.25, 0.3) is 0 Å². The molecule has 0 unspecified atom stereocenters. The van der Waals surface area contributed by atoms with Gasteiger partial charge in [-0.15, -0.1) is 0 Å². The number of likely N-dealkylation sites (N-methyl/N-ethyl adjacent to an activating group) is 1. The lowest BCUT2D eigenvalue weighted by atomic mass is 9.84. The minimum atomic E-state index is -0.941. The van der Waals surface area contributed by atoms with Crippen LogP contribution < -0.4 is 21.7 Å². The van der Waals surface area contributed by atoms with E-state index in [1.807, 2.05) is 13.8 Å². The van der Waals surface area contributed by atoms with Crippen LogP contribution >= 0.6 is 0 Å². The number of nitrogens with zero attached hydrogens (tertiary/aromatic N) is 1. The number of ether oxygens (including phenoxy) is 1. The molecule has 0 bridgehead atoms. The molecule has 0 saturated heterocycles. The summed E-state index contributed by atoms with van der Waals surface area (Å²) in [5.74, 6) is -1.51. The molecule has 12 nitrogen and oxygen atoms in total. The second kappa shape index (κ2) is 19.0. The Labute approximate surface area is 267 Å². The average Bonchev–Trinajstić information content (AvgIpc) is 3.00. The molecule has 0 heterocycles. The van der Waals surface area contributed by atoms with Crippen molar-refractivity contribution in [2.75, 3.05) is 27.2 Å². The van der Waals surface area contributed by atoms with Crippen LogP contribution in [0, 0.1) is 19.8 Å². The monoisotopic (exact) mass is 631 g/mol. The fraction of sp³-hybridized carbons (Fsp3) is 0.667. The molecule has 252 valence electrons. The van der Waals surface area contributed by atoms with E-state index in [1.165, 1.54) is 20.5 Å². The van der Waals surface area contributed by atoms with E-state index in [4.69, 9.17) is 5.73 Å². The third-order valence-electron chi connectivity index (χ3n) is 8.52. The van der Waals surface area contributed by atoms with Gasteiger partial charge in [0.2, 0.25) is 23.6 Å². The summed E-state index contributed by atoms with van der Waals surface area (Å²) < 4.78 is 4.66. The summed E-state index contributed by atoms with van der Waals surface area (Å²) >= 11 is 0. The highest BCUT2D eigenvalue weighted by Crippen LogP contribution is 2.28. The smallest absolute Gasteiger partial charge is 0.305 e. The molecular formula is C33H53N5O7. The topological polar surface area (TPSA) is 180 Å². The number of phenols is 1. The molecule has 0 spiro atoms. The second-order valence-electron chi connectivity index (χ2n) is 12.3. The number of hydrogen-bond acceptors (Lipinski definition) is 8. The number of carbonyl (C=O) groups excluding carboxylic acids is 5. The minimum absolute atomic E-state index is 0.141. The Morgan fingerprint density at radius 1 is 1.00 bits per heavy atom. The van der Waals surface area contributed by atoms with Crippen molar-refractivity contribution in [1.29, 1.82) is 0 Å². The number of hydrogen-bond donors (Lipinski definition) is 5. The molecule has 12 heteroatoms. The molecule has 1 saturated carbocycles. The van der Waals surface area contributed by atoms with Crippen molar-refractivity contribution in [3.63, 3.8) is 0 Å². The number of methoxy groups -OCH3 is 1. The van der Waals surface area contributed by atoms with Crippen LogP contribution in [0.15, 0.2) is 12.1 Å². The van der Waals surface area contributed by atoms with E-state index >= 15 is 0 Å². The number of amides is 4. The number of aryl methyl sites for hydroxylation is 2. The molecule has 1 fully saturated rings. The molecular weight excluding hydrogens is 578 g/mol. The minimum Gasteiger partial charge on any atom is -0.508 e. The fourth-order valence-electron chi connectivity index (χ4n) is 5.81. The Bertz CT molecular complexity index is 1150. The van der Waals surface area contributed by atoms with Crippen LogP contribution in [0.2, 0.25) is 0 Å². The predicted octanol–water partition coefficient (Wildman–Crippen LogP) is 2.15. The second-order valence-corrected chi connectivity index (χ2v) is 12.3. The van der Waals surface area contributed by atoms with Crippen LogP contribution in [0.4, 0.5) is 0 Å². The van der Waals surface area contributed by atoms with Crippen LogP contribution in [0.3, 0.4) is 0 Å². The summed E-state index contributed by atoms with van der Waals surface area (Å²) in [6.45, 7) is 5.32. The lowest BCUT2D eigenvalue weighted by Crippen LogP contribution is -2.53. The van der Waals surface area contributed by atoms with Crippen molar-refractivity contribution in [1.82, 2.24) is 20.9 Å². The van der Waals surface area contributed by atoms with Crippen molar-refractivity contribution in [2.24, 2.45) is 11.7 Å². The summed E-state index contributed by atoms with van der Waals surface area (Å²) in [5, 5.41) is 17.7. The highest BCUT2D eigenvalue weighted by Gasteiger charge is 2.28. The Hall–Kier alpha value is -3.67. The van der Waals surface area contributed by atoms with Crippen molar-refractivity contribution < 1.29 is 33.8 Å². The van der Waals surface area contributed by atoms with Gasteiger partial charge in [-0.05, 0) is 81.2 Å². The first-order valence-corrected chi connectivity index (χ1v) is 16.1. The van der Waals surface area contributed by atoms with Gasteiger partial charge in [0.25, 0.3) is 0 Å². The van der Waals surface area contributed by atoms with Crippen molar-refractivity contribution >= 4 is 29.6 Å². The van der Waals surface area contributed by atoms with Crippen molar-refractivity contribution in [3.05, 3.63) is 28.8 Å². The van der Waals surface area contributed by atoms with Gasteiger partial charge in [-0.2, -0.15) is 0 Å². The van der Waals surface area contributed by atoms with Gasteiger partial charge in [0.15, 0.2) is 0 Å². The van der Waals surface area contributed by atoms with Gasteiger partial charge in [-0.3, -0.25) is 24.0 Å². The first-order valence-electron chi connectivity index (χ1n) is 16.1. The SMILES string of the molecule is COC(=O)CCCCCN(C)C(=O)[C@H](CC1CCCCC1)NC(=O)CNC(=O)[C@@H](C)NC(=O)[C@H](N)Cc1c(C)cc(O)cc1C. The van der Waals surface area contributed by atoms with E-state index < -0.39 is 35.8 Å². The zero-order chi connectivity index (χ0) is 33.5. The summed E-state index contributed by atoms with van der Waals surface area (Å²) in [6, 6.07) is 0.648. The van der Waals surface area contributed by atoms with Crippen molar-refractivity contribution in [3.8, 4) is 5.75 Å². The highest BCUT2D eigenvalue weighted by molar-refractivity contribution is 5.93. The van der Waals surface area contributed by atoms with Gasteiger partial charge in [-0.1, -0.05) is 38.5 Å². The lowest BCUT2D eigenvalue weighted by molar-refractivity contribution is -0.140. The van der Waals surface area contributed by atoms with Crippen LogP contribution in [-0.4, -0.2) is 85.0 Å². The number of rotatable bonds is 17. The van der Waals surface area contributed by atoms with Gasteiger partial charge in [0.1, 0.15) is 17.8 Å². The molecule has 0 aromatic heterocycles. The number of esters is 1. The molecule has 3 atom stereocenters. The summed E-state index contributed by atoms with van der Waals surface area (Å²) in [4.78, 5) is 64.6. The normalized spacial score (nSPS) is 15.3. The van der Waals surface area contributed by atoms with E-state index in [2.05, 4.69) is 20.7 Å². The maximum atomic E-state index is 13.4. The zero-order valence-electron chi connectivity index (χ0n) is 27.6. The summed E-state index contributed by atoms with van der Waals surface area (Å²) in [7, 11) is 3.07.